The molecule has 0 unspecified atom stereocenters. The molecule has 28 heavy (non-hydrogen) atoms. The van der Waals surface area contributed by atoms with Crippen molar-refractivity contribution >= 4 is 39.1 Å². The van der Waals surface area contributed by atoms with Crippen LogP contribution < -0.4 is 15.4 Å². The number of hydrogen-bond acceptors (Lipinski definition) is 5. The number of amides is 2. The smallest absolute Gasteiger partial charge is 0.412 e. The van der Waals surface area contributed by atoms with E-state index in [-0.39, 0.29) is 0 Å². The van der Waals surface area contributed by atoms with E-state index in [4.69, 9.17) is 4.74 Å². The minimum absolute atomic E-state index is 0.296. The molecule has 150 valence electrons. The van der Waals surface area contributed by atoms with Gasteiger partial charge in [-0.1, -0.05) is 6.07 Å². The highest BCUT2D eigenvalue weighted by atomic mass is 32.2. The summed E-state index contributed by atoms with van der Waals surface area (Å²) in [6.07, 6.45) is 0.464. The zero-order valence-corrected chi connectivity index (χ0v) is 16.9. The second-order valence-electron chi connectivity index (χ2n) is 7.11. The van der Waals surface area contributed by atoms with E-state index in [1.54, 1.807) is 63.2 Å². The van der Waals surface area contributed by atoms with Crippen LogP contribution in [0.5, 0.6) is 0 Å². The Balaban J connectivity index is 2.01. The molecule has 3 N–H and O–H groups in total. The molecular formula is C19H23N3O5S. The van der Waals surface area contributed by atoms with Crippen LogP contribution in [0.2, 0.25) is 0 Å². The normalized spacial score (nSPS) is 11.4. The van der Waals surface area contributed by atoms with E-state index in [9.17, 15) is 18.0 Å². The highest BCUT2D eigenvalue weighted by Crippen LogP contribution is 2.17. The molecular weight excluding hydrogens is 382 g/mol. The van der Waals surface area contributed by atoms with Crippen LogP contribution in [0.15, 0.2) is 48.5 Å². The molecule has 0 aromatic heterocycles. The summed E-state index contributed by atoms with van der Waals surface area (Å²) in [4.78, 5) is 24.1. The second-order valence-corrected chi connectivity index (χ2v) is 8.86. The number of anilines is 3. The first-order valence-corrected chi connectivity index (χ1v) is 10.3. The number of nitrogens with one attached hydrogen (secondary N) is 3. The summed E-state index contributed by atoms with van der Waals surface area (Å²) >= 11 is 0. The molecule has 0 saturated carbocycles. The first-order valence-electron chi connectivity index (χ1n) is 8.40. The molecule has 2 rings (SSSR count). The van der Waals surface area contributed by atoms with E-state index in [1.165, 1.54) is 6.07 Å². The molecule has 0 radical (unpaired) electrons. The predicted octanol–water partition coefficient (Wildman–Crippen LogP) is 3.66. The fraction of sp³-hybridized carbons (Fsp3) is 0.263. The molecule has 0 heterocycles. The molecule has 0 fully saturated rings. The van der Waals surface area contributed by atoms with Crippen LogP contribution in [0, 0.1) is 0 Å². The SMILES string of the molecule is CC(C)(C)OC(=O)Nc1ccc(NC(=O)c2cccc(NS(C)(=O)=O)c2)cc1. The largest absolute Gasteiger partial charge is 0.444 e. The van der Waals surface area contributed by atoms with Crippen molar-refractivity contribution in [2.45, 2.75) is 26.4 Å². The Hall–Kier alpha value is -3.07. The quantitative estimate of drug-likeness (QED) is 0.702. The number of sulfonamides is 1. The van der Waals surface area contributed by atoms with Crippen molar-refractivity contribution in [2.24, 2.45) is 0 Å². The molecule has 0 atom stereocenters. The number of carbonyl (C=O) groups excluding carboxylic acids is 2. The van der Waals surface area contributed by atoms with Crippen LogP contribution in [0.3, 0.4) is 0 Å². The Morgan fingerprint density at radius 3 is 2.00 bits per heavy atom. The van der Waals surface area contributed by atoms with Crippen LogP contribution in [0.25, 0.3) is 0 Å². The minimum Gasteiger partial charge on any atom is -0.444 e. The molecule has 0 aliphatic rings. The van der Waals surface area contributed by atoms with Crippen molar-refractivity contribution < 1.29 is 22.7 Å². The zero-order valence-electron chi connectivity index (χ0n) is 16.1. The molecule has 0 spiro atoms. The topological polar surface area (TPSA) is 114 Å². The third-order valence-corrected chi connectivity index (χ3v) is 3.82. The van der Waals surface area contributed by atoms with Gasteiger partial charge in [-0.3, -0.25) is 14.8 Å². The molecule has 8 nitrogen and oxygen atoms in total. The van der Waals surface area contributed by atoms with Crippen molar-refractivity contribution in [2.75, 3.05) is 21.6 Å². The van der Waals surface area contributed by atoms with Gasteiger partial charge in [-0.25, -0.2) is 13.2 Å². The Kier molecular flexibility index (Phi) is 6.30. The summed E-state index contributed by atoms with van der Waals surface area (Å²) in [5.74, 6) is -0.398. The fourth-order valence-corrected chi connectivity index (χ4v) is 2.75. The predicted molar refractivity (Wildman–Crippen MR) is 109 cm³/mol. The number of hydrogen-bond donors (Lipinski definition) is 3. The Morgan fingerprint density at radius 1 is 0.893 bits per heavy atom. The molecule has 0 saturated heterocycles. The standard InChI is InChI=1S/C19H23N3O5S/c1-19(2,3)27-18(24)21-15-10-8-14(9-11-15)20-17(23)13-6-5-7-16(12-13)22-28(4,25)26/h5-12,22H,1-4H3,(H,20,23)(H,21,24). The van der Waals surface area contributed by atoms with E-state index >= 15 is 0 Å². The van der Waals surface area contributed by atoms with Crippen LogP contribution in [0.4, 0.5) is 21.9 Å². The van der Waals surface area contributed by atoms with Gasteiger partial charge < -0.3 is 10.1 Å². The van der Waals surface area contributed by atoms with Crippen molar-refractivity contribution in [3.63, 3.8) is 0 Å². The molecule has 0 bridgehead atoms. The molecule has 9 heteroatoms. The third kappa shape index (κ3) is 7.28. The first-order chi connectivity index (χ1) is 12.9. The van der Waals surface area contributed by atoms with E-state index in [0.717, 1.165) is 6.26 Å². The van der Waals surface area contributed by atoms with Crippen molar-refractivity contribution in [3.8, 4) is 0 Å². The van der Waals surface area contributed by atoms with Crippen LogP contribution >= 0.6 is 0 Å². The fourth-order valence-electron chi connectivity index (χ4n) is 2.20. The Morgan fingerprint density at radius 2 is 1.46 bits per heavy atom. The van der Waals surface area contributed by atoms with E-state index in [0.29, 0.717) is 22.6 Å². The van der Waals surface area contributed by atoms with E-state index in [2.05, 4.69) is 15.4 Å². The monoisotopic (exact) mass is 405 g/mol. The van der Waals surface area contributed by atoms with Gasteiger partial charge in [0.25, 0.3) is 5.91 Å². The summed E-state index contributed by atoms with van der Waals surface area (Å²) in [7, 11) is -3.43. The van der Waals surface area contributed by atoms with E-state index < -0.39 is 27.6 Å². The zero-order chi connectivity index (χ0) is 20.9. The van der Waals surface area contributed by atoms with E-state index in [1.807, 2.05) is 0 Å². The van der Waals surface area contributed by atoms with Gasteiger partial charge in [-0.05, 0) is 63.2 Å². The number of benzene rings is 2. The summed E-state index contributed by atoms with van der Waals surface area (Å²) in [5, 5.41) is 5.31. The van der Waals surface area contributed by atoms with Gasteiger partial charge in [0.1, 0.15) is 5.60 Å². The van der Waals surface area contributed by atoms with Crippen molar-refractivity contribution in [1.29, 1.82) is 0 Å². The van der Waals surface area contributed by atoms with Gasteiger partial charge in [-0.15, -0.1) is 0 Å². The molecule has 0 aliphatic heterocycles. The number of carbonyl (C=O) groups is 2. The van der Waals surface area contributed by atoms with Crippen LogP contribution in [-0.4, -0.2) is 32.3 Å². The first kappa shape index (κ1) is 21.2. The van der Waals surface area contributed by atoms with Gasteiger partial charge in [0.2, 0.25) is 10.0 Å². The minimum atomic E-state index is -3.43. The van der Waals surface area contributed by atoms with Gasteiger partial charge in [0, 0.05) is 22.6 Å². The van der Waals surface area contributed by atoms with Gasteiger partial charge >= 0.3 is 6.09 Å². The molecule has 0 aliphatic carbocycles. The molecule has 2 aromatic rings. The highest BCUT2D eigenvalue weighted by Gasteiger charge is 2.16. The van der Waals surface area contributed by atoms with Gasteiger partial charge in [-0.2, -0.15) is 0 Å². The lowest BCUT2D eigenvalue weighted by atomic mass is 10.2. The molecule has 2 amide bonds. The summed E-state index contributed by atoms with van der Waals surface area (Å²) in [6, 6.07) is 12.6. The third-order valence-electron chi connectivity index (χ3n) is 3.22. The maximum absolute atomic E-state index is 12.4. The number of rotatable bonds is 5. The van der Waals surface area contributed by atoms with Gasteiger partial charge in [0.15, 0.2) is 0 Å². The molecule has 2 aromatic carbocycles. The average molecular weight is 405 g/mol. The lowest BCUT2D eigenvalue weighted by Gasteiger charge is -2.19. The lowest BCUT2D eigenvalue weighted by molar-refractivity contribution is 0.0635. The van der Waals surface area contributed by atoms with Crippen LogP contribution in [-0.2, 0) is 14.8 Å². The number of ether oxygens (including phenoxy) is 1. The maximum atomic E-state index is 12.4. The Labute approximate surface area is 164 Å². The average Bonchev–Trinajstić information content (AvgIpc) is 2.53. The highest BCUT2D eigenvalue weighted by molar-refractivity contribution is 7.92. The summed E-state index contributed by atoms with van der Waals surface area (Å²) in [6.45, 7) is 5.31. The van der Waals surface area contributed by atoms with Crippen molar-refractivity contribution in [3.05, 3.63) is 54.1 Å². The maximum Gasteiger partial charge on any atom is 0.412 e. The lowest BCUT2D eigenvalue weighted by Crippen LogP contribution is -2.27. The second kappa shape index (κ2) is 8.30. The van der Waals surface area contributed by atoms with Crippen LogP contribution in [0.1, 0.15) is 31.1 Å². The van der Waals surface area contributed by atoms with Gasteiger partial charge in [0.05, 0.1) is 6.26 Å². The Bertz CT molecular complexity index is 964. The summed E-state index contributed by atoms with van der Waals surface area (Å²) in [5.41, 5.74) is 1.03. The van der Waals surface area contributed by atoms with Crippen molar-refractivity contribution in [1.82, 2.24) is 0 Å². The summed E-state index contributed by atoms with van der Waals surface area (Å²) < 4.78 is 30.1.